The first-order chi connectivity index (χ1) is 36.6. The van der Waals surface area contributed by atoms with Crippen molar-refractivity contribution in [3.63, 3.8) is 0 Å². The third-order valence-electron chi connectivity index (χ3n) is 16.7. The Morgan fingerprint density at radius 3 is 1.78 bits per heavy atom. The Morgan fingerprint density at radius 2 is 1.00 bits per heavy atom. The first kappa shape index (κ1) is 44.0. The van der Waals surface area contributed by atoms with Crippen LogP contribution in [0.2, 0.25) is 0 Å². The van der Waals surface area contributed by atoms with Crippen LogP contribution in [0.3, 0.4) is 0 Å². The zero-order valence-electron chi connectivity index (χ0n) is 41.8. The van der Waals surface area contributed by atoms with E-state index in [4.69, 9.17) is 0 Å². The van der Waals surface area contributed by atoms with Crippen LogP contribution in [-0.2, 0) is 5.41 Å². The SMILES string of the molecule is CC1(c2ccccc2)c2ccccc2-c2c(-c3ccc(N(c4ccc(-c5ccc6c(c5)c5ccccc5n6-c5ccccc5)cc4)c4ccccc4-c4cccc5cccc(C6CCCCC6)c45)cc3)cccc21. The lowest BCUT2D eigenvalue weighted by atomic mass is 9.74. The summed E-state index contributed by atoms with van der Waals surface area (Å²) in [5, 5.41) is 5.21. The number of hydrogen-bond donors (Lipinski definition) is 0. The molecule has 354 valence electrons. The highest BCUT2D eigenvalue weighted by Gasteiger charge is 2.41. The molecule has 11 aromatic carbocycles. The lowest BCUT2D eigenvalue weighted by Gasteiger charge is -2.29. The molecule has 1 fully saturated rings. The van der Waals surface area contributed by atoms with Crippen molar-refractivity contribution in [1.29, 1.82) is 0 Å². The number of rotatable bonds is 9. The molecule has 2 aliphatic carbocycles. The largest absolute Gasteiger partial charge is 0.310 e. The van der Waals surface area contributed by atoms with E-state index in [0.29, 0.717) is 5.92 Å². The number of anilines is 3. The molecule has 1 aromatic heterocycles. The summed E-state index contributed by atoms with van der Waals surface area (Å²) < 4.78 is 2.39. The van der Waals surface area contributed by atoms with Crippen LogP contribution in [0.4, 0.5) is 17.1 Å². The molecule has 1 unspecified atom stereocenters. The smallest absolute Gasteiger partial charge is 0.0541 e. The van der Waals surface area contributed by atoms with Crippen molar-refractivity contribution in [3.05, 3.63) is 277 Å². The molecule has 1 saturated carbocycles. The van der Waals surface area contributed by atoms with E-state index in [2.05, 4.69) is 271 Å². The number of para-hydroxylation sites is 3. The second-order valence-corrected chi connectivity index (χ2v) is 20.7. The summed E-state index contributed by atoms with van der Waals surface area (Å²) in [7, 11) is 0. The lowest BCUT2D eigenvalue weighted by molar-refractivity contribution is 0.445. The second-order valence-electron chi connectivity index (χ2n) is 20.7. The fourth-order valence-corrected chi connectivity index (χ4v) is 13.1. The van der Waals surface area contributed by atoms with Crippen molar-refractivity contribution >= 4 is 49.6 Å². The van der Waals surface area contributed by atoms with E-state index in [1.165, 1.54) is 137 Å². The van der Waals surface area contributed by atoms with Gasteiger partial charge in [-0.15, -0.1) is 0 Å². The van der Waals surface area contributed by atoms with Gasteiger partial charge in [0, 0.05) is 38.8 Å². The van der Waals surface area contributed by atoms with Crippen LogP contribution in [0.25, 0.3) is 82.8 Å². The molecule has 14 rings (SSSR count). The standard InChI is InChI=1S/C72H56N2/c1-72(54-24-7-3-8-25-54)65-34-14-11-30-63(65)71-59(32-19-35-66(71)72)51-40-45-57(46-41-51)73(67-36-15-12-28-60(67)62-33-18-23-52-22-17-31-58(70(52)62)50-20-5-2-6-21-50)56-43-38-49(39-44-56)53-42-47-69-64(48-53)61-29-13-16-37-68(61)74(69)55-26-9-4-10-27-55/h3-4,7-19,22-48,50H,2,5-6,20-21H2,1H3. The summed E-state index contributed by atoms with van der Waals surface area (Å²) in [6.45, 7) is 2.40. The van der Waals surface area contributed by atoms with Crippen LogP contribution in [-0.4, -0.2) is 4.57 Å². The predicted molar refractivity (Wildman–Crippen MR) is 313 cm³/mol. The number of hydrogen-bond acceptors (Lipinski definition) is 1. The van der Waals surface area contributed by atoms with E-state index >= 15 is 0 Å². The van der Waals surface area contributed by atoms with Gasteiger partial charge in [-0.3, -0.25) is 0 Å². The van der Waals surface area contributed by atoms with Gasteiger partial charge in [-0.1, -0.05) is 213 Å². The Bertz CT molecular complexity index is 4040. The van der Waals surface area contributed by atoms with Gasteiger partial charge in [0.2, 0.25) is 0 Å². The lowest BCUT2D eigenvalue weighted by Crippen LogP contribution is -2.22. The Hall–Kier alpha value is -8.72. The van der Waals surface area contributed by atoms with Gasteiger partial charge in [-0.2, -0.15) is 0 Å². The fourth-order valence-electron chi connectivity index (χ4n) is 13.1. The summed E-state index contributed by atoms with van der Waals surface area (Å²) in [6, 6.07) is 95.0. The Balaban J connectivity index is 0.910. The topological polar surface area (TPSA) is 8.17 Å². The van der Waals surface area contributed by atoms with Gasteiger partial charge in [0.1, 0.15) is 0 Å². The van der Waals surface area contributed by atoms with Gasteiger partial charge >= 0.3 is 0 Å². The minimum absolute atomic E-state index is 0.263. The first-order valence-corrected chi connectivity index (χ1v) is 26.6. The maximum atomic E-state index is 2.48. The normalized spacial score (nSPS) is 15.4. The molecule has 0 radical (unpaired) electrons. The molecule has 2 aliphatic rings. The Kier molecular flexibility index (Phi) is 10.8. The zero-order valence-corrected chi connectivity index (χ0v) is 41.8. The molecule has 0 spiro atoms. The molecule has 2 heteroatoms. The van der Waals surface area contributed by atoms with E-state index in [0.717, 1.165) is 17.1 Å². The van der Waals surface area contributed by atoms with Crippen molar-refractivity contribution in [2.45, 2.75) is 50.4 Å². The summed E-state index contributed by atoms with van der Waals surface area (Å²) >= 11 is 0. The molecule has 0 amide bonds. The maximum absolute atomic E-state index is 2.48. The summed E-state index contributed by atoms with van der Waals surface area (Å²) in [5.41, 5.74) is 22.2. The van der Waals surface area contributed by atoms with Gasteiger partial charge in [-0.05, 0) is 158 Å². The van der Waals surface area contributed by atoms with Crippen LogP contribution in [0.1, 0.15) is 67.2 Å². The predicted octanol–water partition coefficient (Wildman–Crippen LogP) is 19.8. The van der Waals surface area contributed by atoms with Crippen LogP contribution in [0, 0.1) is 0 Å². The molecule has 1 heterocycles. The molecular formula is C72H56N2. The van der Waals surface area contributed by atoms with Crippen LogP contribution in [0.5, 0.6) is 0 Å². The second kappa shape index (κ2) is 18.1. The van der Waals surface area contributed by atoms with Gasteiger partial charge in [0.15, 0.2) is 0 Å². The minimum Gasteiger partial charge on any atom is -0.310 e. The number of fused-ring (bicyclic) bond motifs is 7. The third-order valence-corrected chi connectivity index (χ3v) is 16.7. The first-order valence-electron chi connectivity index (χ1n) is 26.6. The maximum Gasteiger partial charge on any atom is 0.0541 e. The van der Waals surface area contributed by atoms with Crippen molar-refractivity contribution in [2.75, 3.05) is 4.90 Å². The van der Waals surface area contributed by atoms with Crippen LogP contribution in [0.15, 0.2) is 255 Å². The number of aromatic nitrogens is 1. The molecule has 0 bridgehead atoms. The number of nitrogens with zero attached hydrogens (tertiary/aromatic N) is 2. The Labute approximate surface area is 434 Å². The molecule has 2 nitrogen and oxygen atoms in total. The van der Waals surface area contributed by atoms with E-state index in [1.807, 2.05) is 0 Å². The Morgan fingerprint density at radius 1 is 0.419 bits per heavy atom. The van der Waals surface area contributed by atoms with Gasteiger partial charge in [0.05, 0.1) is 16.7 Å². The molecule has 74 heavy (non-hydrogen) atoms. The van der Waals surface area contributed by atoms with Gasteiger partial charge < -0.3 is 9.47 Å². The van der Waals surface area contributed by atoms with Gasteiger partial charge in [0.25, 0.3) is 0 Å². The monoisotopic (exact) mass is 948 g/mol. The van der Waals surface area contributed by atoms with Crippen molar-refractivity contribution in [2.24, 2.45) is 0 Å². The highest BCUT2D eigenvalue weighted by molar-refractivity contribution is 6.11. The average Bonchev–Trinajstić information content (AvgIpc) is 3.97. The highest BCUT2D eigenvalue weighted by Crippen LogP contribution is 2.55. The quantitative estimate of drug-likeness (QED) is 0.140. The van der Waals surface area contributed by atoms with Gasteiger partial charge in [-0.25, -0.2) is 0 Å². The van der Waals surface area contributed by atoms with Crippen molar-refractivity contribution in [1.82, 2.24) is 4.57 Å². The molecule has 0 aliphatic heterocycles. The average molecular weight is 949 g/mol. The molecule has 0 saturated heterocycles. The van der Waals surface area contributed by atoms with E-state index in [1.54, 1.807) is 0 Å². The fraction of sp³-hybridized carbons (Fsp3) is 0.111. The summed E-state index contributed by atoms with van der Waals surface area (Å²) in [4.78, 5) is 2.48. The third kappa shape index (κ3) is 7.15. The highest BCUT2D eigenvalue weighted by atomic mass is 15.1. The molecule has 12 aromatic rings. The zero-order chi connectivity index (χ0) is 49.2. The van der Waals surface area contributed by atoms with E-state index in [9.17, 15) is 0 Å². The summed E-state index contributed by atoms with van der Waals surface area (Å²) in [6.07, 6.45) is 6.45. The summed E-state index contributed by atoms with van der Waals surface area (Å²) in [5.74, 6) is 0.572. The van der Waals surface area contributed by atoms with Crippen LogP contribution < -0.4 is 4.90 Å². The van der Waals surface area contributed by atoms with Crippen molar-refractivity contribution in [3.8, 4) is 50.2 Å². The van der Waals surface area contributed by atoms with E-state index < -0.39 is 0 Å². The van der Waals surface area contributed by atoms with E-state index in [-0.39, 0.29) is 5.41 Å². The molecular weight excluding hydrogens is 893 g/mol. The minimum atomic E-state index is -0.263. The molecule has 1 atom stereocenters. The van der Waals surface area contributed by atoms with Crippen molar-refractivity contribution < 1.29 is 0 Å². The van der Waals surface area contributed by atoms with Crippen LogP contribution >= 0.6 is 0 Å². The molecule has 0 N–H and O–H groups in total. The number of benzene rings is 11.